The summed E-state index contributed by atoms with van der Waals surface area (Å²) in [6, 6.07) is 4.03. The zero-order valence-corrected chi connectivity index (χ0v) is 12.6. The van der Waals surface area contributed by atoms with Crippen LogP contribution in [0.4, 0.5) is 18.9 Å². The molecule has 0 unspecified atom stereocenters. The number of alkyl halides is 3. The molecule has 3 rings (SSSR count). The molecule has 8 heteroatoms. The number of anilines is 1. The van der Waals surface area contributed by atoms with E-state index in [1.807, 2.05) is 13.8 Å². The average molecular weight is 324 g/mol. The van der Waals surface area contributed by atoms with Crippen molar-refractivity contribution in [1.82, 2.24) is 15.0 Å². The average Bonchev–Trinajstić information content (AvgIpc) is 3.04. The number of carbonyl (C=O) groups excluding carboxylic acids is 1. The first-order chi connectivity index (χ1) is 10.7. The second kappa shape index (κ2) is 5.07. The third kappa shape index (κ3) is 2.69. The molecular formula is C15H15F3N4O. The van der Waals surface area contributed by atoms with Crippen molar-refractivity contribution in [2.45, 2.75) is 32.0 Å². The summed E-state index contributed by atoms with van der Waals surface area (Å²) in [5.41, 5.74) is -0.873. The van der Waals surface area contributed by atoms with Gasteiger partial charge in [-0.1, -0.05) is 26.0 Å². The first kappa shape index (κ1) is 15.5. The van der Waals surface area contributed by atoms with Gasteiger partial charge in [-0.2, -0.15) is 28.2 Å². The first-order valence-corrected chi connectivity index (χ1v) is 7.05. The predicted octanol–water partition coefficient (Wildman–Crippen LogP) is 2.62. The highest BCUT2D eigenvalue weighted by Crippen LogP contribution is 2.47. The number of carbonyl (C=O) groups is 1. The van der Waals surface area contributed by atoms with Crippen molar-refractivity contribution in [3.63, 3.8) is 0 Å². The van der Waals surface area contributed by atoms with Crippen LogP contribution in [0.2, 0.25) is 0 Å². The summed E-state index contributed by atoms with van der Waals surface area (Å²) in [6.45, 7) is 3.64. The highest BCUT2D eigenvalue weighted by Gasteiger charge is 2.45. The van der Waals surface area contributed by atoms with Crippen molar-refractivity contribution in [1.29, 1.82) is 0 Å². The van der Waals surface area contributed by atoms with Crippen LogP contribution in [0.15, 0.2) is 30.6 Å². The number of benzene rings is 1. The Balaban J connectivity index is 2.05. The van der Waals surface area contributed by atoms with Gasteiger partial charge in [0.05, 0.1) is 23.6 Å². The Morgan fingerprint density at radius 2 is 1.91 bits per heavy atom. The minimum absolute atomic E-state index is 0.0536. The lowest BCUT2D eigenvalue weighted by atomic mass is 9.86. The van der Waals surface area contributed by atoms with Crippen molar-refractivity contribution in [2.24, 2.45) is 0 Å². The highest BCUT2D eigenvalue weighted by atomic mass is 19.4. The van der Waals surface area contributed by atoms with Crippen LogP contribution in [-0.2, 0) is 22.9 Å². The number of nitrogens with zero attached hydrogens (tertiary/aromatic N) is 4. The minimum Gasteiger partial charge on any atom is -0.309 e. The Hall–Kier alpha value is -2.38. The molecule has 0 aliphatic carbocycles. The maximum atomic E-state index is 13.3. The summed E-state index contributed by atoms with van der Waals surface area (Å²) >= 11 is 0. The fourth-order valence-corrected chi connectivity index (χ4v) is 2.91. The van der Waals surface area contributed by atoms with Gasteiger partial charge in [-0.25, -0.2) is 0 Å². The molecule has 2 heterocycles. The molecule has 0 saturated heterocycles. The van der Waals surface area contributed by atoms with Gasteiger partial charge in [0.1, 0.15) is 6.54 Å². The van der Waals surface area contributed by atoms with Gasteiger partial charge in [-0.3, -0.25) is 4.79 Å². The Labute approximate surface area is 130 Å². The fourth-order valence-electron chi connectivity index (χ4n) is 2.91. The van der Waals surface area contributed by atoms with Gasteiger partial charge in [0.15, 0.2) is 0 Å². The maximum absolute atomic E-state index is 13.3. The summed E-state index contributed by atoms with van der Waals surface area (Å²) in [6.07, 6.45) is -1.69. The zero-order valence-electron chi connectivity index (χ0n) is 12.6. The molecule has 0 spiro atoms. The molecule has 122 valence electrons. The largest absolute Gasteiger partial charge is 0.418 e. The van der Waals surface area contributed by atoms with E-state index in [2.05, 4.69) is 10.2 Å². The van der Waals surface area contributed by atoms with Gasteiger partial charge in [-0.05, 0) is 11.6 Å². The van der Waals surface area contributed by atoms with Crippen molar-refractivity contribution in [3.05, 3.63) is 41.7 Å². The molecule has 23 heavy (non-hydrogen) atoms. The summed E-state index contributed by atoms with van der Waals surface area (Å²) < 4.78 is 40.0. The third-order valence-corrected chi connectivity index (χ3v) is 3.94. The second-order valence-electron chi connectivity index (χ2n) is 6.12. The quantitative estimate of drug-likeness (QED) is 0.853. The smallest absolute Gasteiger partial charge is 0.309 e. The number of hydrogen-bond donors (Lipinski definition) is 0. The van der Waals surface area contributed by atoms with Gasteiger partial charge in [0.25, 0.3) is 5.91 Å². The Morgan fingerprint density at radius 3 is 2.52 bits per heavy atom. The fraction of sp³-hybridized carbons (Fsp3) is 0.400. The van der Waals surface area contributed by atoms with E-state index in [0.29, 0.717) is 5.56 Å². The number of aromatic nitrogens is 3. The van der Waals surface area contributed by atoms with Crippen LogP contribution in [0.25, 0.3) is 0 Å². The minimum atomic E-state index is -4.52. The second-order valence-corrected chi connectivity index (χ2v) is 6.12. The van der Waals surface area contributed by atoms with E-state index in [1.54, 1.807) is 6.07 Å². The van der Waals surface area contributed by atoms with E-state index in [9.17, 15) is 18.0 Å². The Kier molecular flexibility index (Phi) is 3.42. The molecule has 0 fully saturated rings. The van der Waals surface area contributed by atoms with Crippen LogP contribution in [-0.4, -0.2) is 27.4 Å². The van der Waals surface area contributed by atoms with Crippen molar-refractivity contribution in [2.75, 3.05) is 11.4 Å². The summed E-state index contributed by atoms with van der Waals surface area (Å²) in [7, 11) is 0. The van der Waals surface area contributed by atoms with Crippen molar-refractivity contribution < 1.29 is 18.0 Å². The molecule has 1 aliphatic heterocycles. The number of halogens is 3. The molecule has 2 aromatic rings. The Morgan fingerprint density at radius 1 is 1.26 bits per heavy atom. The lowest BCUT2D eigenvalue weighted by Crippen LogP contribution is -2.37. The van der Waals surface area contributed by atoms with Gasteiger partial charge in [0.2, 0.25) is 0 Å². The number of para-hydroxylation sites is 1. The summed E-state index contributed by atoms with van der Waals surface area (Å²) in [4.78, 5) is 14.9. The van der Waals surface area contributed by atoms with Crippen LogP contribution in [0.1, 0.15) is 25.0 Å². The molecule has 1 amide bonds. The van der Waals surface area contributed by atoms with Gasteiger partial charge in [0, 0.05) is 12.0 Å². The van der Waals surface area contributed by atoms with Crippen LogP contribution >= 0.6 is 0 Å². The third-order valence-electron chi connectivity index (χ3n) is 3.94. The van der Waals surface area contributed by atoms with Crippen LogP contribution < -0.4 is 4.90 Å². The molecule has 0 saturated carbocycles. The van der Waals surface area contributed by atoms with Crippen molar-refractivity contribution in [3.8, 4) is 0 Å². The Bertz CT molecular complexity index is 738. The van der Waals surface area contributed by atoms with Gasteiger partial charge >= 0.3 is 6.18 Å². The molecular weight excluding hydrogens is 309 g/mol. The summed E-state index contributed by atoms with van der Waals surface area (Å²) in [5.74, 6) is -0.468. The molecule has 1 aromatic carbocycles. The van der Waals surface area contributed by atoms with E-state index < -0.39 is 23.1 Å². The molecule has 0 atom stereocenters. The molecule has 0 radical (unpaired) electrons. The molecule has 1 aromatic heterocycles. The van der Waals surface area contributed by atoms with Gasteiger partial charge < -0.3 is 4.90 Å². The summed E-state index contributed by atoms with van der Waals surface area (Å²) in [5, 5.41) is 7.65. The predicted molar refractivity (Wildman–Crippen MR) is 76.8 cm³/mol. The normalized spacial score (nSPS) is 16.5. The SMILES string of the molecule is CC1(C)CN(C(=O)Cn2nccn2)c2c(C(F)(F)F)cccc21. The van der Waals surface area contributed by atoms with E-state index in [-0.39, 0.29) is 18.8 Å². The maximum Gasteiger partial charge on any atom is 0.418 e. The standard InChI is InChI=1S/C15H15F3N4O/c1-14(2)9-21(12(23)8-22-19-6-7-20-22)13-10(14)4-3-5-11(13)15(16,17)18/h3-7H,8-9H2,1-2H3. The molecule has 1 aliphatic rings. The number of hydrogen-bond acceptors (Lipinski definition) is 3. The highest BCUT2D eigenvalue weighted by molar-refractivity contribution is 5.97. The van der Waals surface area contributed by atoms with E-state index in [1.165, 1.54) is 23.4 Å². The number of amides is 1. The topological polar surface area (TPSA) is 51.0 Å². The first-order valence-electron chi connectivity index (χ1n) is 7.05. The number of fused-ring (bicyclic) bond motifs is 1. The monoisotopic (exact) mass is 324 g/mol. The van der Waals surface area contributed by atoms with Crippen LogP contribution in [0.3, 0.4) is 0 Å². The van der Waals surface area contributed by atoms with Crippen LogP contribution in [0, 0.1) is 0 Å². The molecule has 0 bridgehead atoms. The van der Waals surface area contributed by atoms with Crippen molar-refractivity contribution >= 4 is 11.6 Å². The molecule has 0 N–H and O–H groups in total. The number of rotatable bonds is 2. The van der Waals surface area contributed by atoms with Gasteiger partial charge in [-0.15, -0.1) is 0 Å². The lowest BCUT2D eigenvalue weighted by Gasteiger charge is -2.22. The molecule has 5 nitrogen and oxygen atoms in total. The van der Waals surface area contributed by atoms with E-state index in [4.69, 9.17) is 0 Å². The van der Waals surface area contributed by atoms with E-state index >= 15 is 0 Å². The lowest BCUT2D eigenvalue weighted by molar-refractivity contribution is -0.137. The van der Waals surface area contributed by atoms with Crippen LogP contribution in [0.5, 0.6) is 0 Å². The van der Waals surface area contributed by atoms with E-state index in [0.717, 1.165) is 10.9 Å². The zero-order chi connectivity index (χ0) is 16.8.